The molecule has 8 heteroatoms. The Kier molecular flexibility index (Phi) is 5.80. The Morgan fingerprint density at radius 3 is 2.48 bits per heavy atom. The van der Waals surface area contributed by atoms with Gasteiger partial charge in [-0.05, 0) is 26.3 Å². The third kappa shape index (κ3) is 3.85. The number of fused-ring (bicyclic) bond motifs is 2. The van der Waals surface area contributed by atoms with Gasteiger partial charge in [0.05, 0.1) is 24.9 Å². The molecule has 4 N–H and O–H groups in total. The summed E-state index contributed by atoms with van der Waals surface area (Å²) in [6.45, 7) is 5.61. The summed E-state index contributed by atoms with van der Waals surface area (Å²) in [5.74, 6) is 0.0462. The summed E-state index contributed by atoms with van der Waals surface area (Å²) in [5, 5.41) is 39.4. The predicted molar refractivity (Wildman–Crippen MR) is 93.6 cm³/mol. The van der Waals surface area contributed by atoms with Crippen LogP contribution in [0.1, 0.15) is 33.6 Å². The Morgan fingerprint density at radius 2 is 1.89 bits per heavy atom. The van der Waals surface area contributed by atoms with E-state index in [1.165, 1.54) is 6.92 Å². The first-order valence-electron chi connectivity index (χ1n) is 9.38. The van der Waals surface area contributed by atoms with Crippen LogP contribution in [0.2, 0.25) is 0 Å². The summed E-state index contributed by atoms with van der Waals surface area (Å²) in [7, 11) is 0. The van der Waals surface area contributed by atoms with Gasteiger partial charge in [-0.3, -0.25) is 4.79 Å². The maximum Gasteiger partial charge on any atom is 0.186 e. The molecular formula is C19H30O8. The fraction of sp³-hybridized carbons (Fsp3) is 0.842. The van der Waals surface area contributed by atoms with Crippen molar-refractivity contribution < 1.29 is 39.4 Å². The average Bonchev–Trinajstić information content (AvgIpc) is 2.74. The third-order valence-corrected chi connectivity index (χ3v) is 6.17. The van der Waals surface area contributed by atoms with Crippen molar-refractivity contribution in [3.05, 3.63) is 12.2 Å². The zero-order chi connectivity index (χ0) is 20.0. The molecular weight excluding hydrogens is 356 g/mol. The van der Waals surface area contributed by atoms with Crippen LogP contribution in [-0.2, 0) is 19.0 Å². The lowest BCUT2D eigenvalue weighted by Crippen LogP contribution is -2.60. The smallest absolute Gasteiger partial charge is 0.186 e. The number of ketones is 1. The van der Waals surface area contributed by atoms with E-state index in [1.54, 1.807) is 6.08 Å². The van der Waals surface area contributed by atoms with Crippen LogP contribution in [-0.4, -0.2) is 81.8 Å². The van der Waals surface area contributed by atoms with Gasteiger partial charge in [-0.15, -0.1) is 0 Å². The van der Waals surface area contributed by atoms with Crippen LogP contribution < -0.4 is 0 Å². The standard InChI is InChI=1S/C19H30O8/c1-10(21)4-5-13-18(2)6-11(7-19(13,3)25-9-18)26-17-16(24)15(23)14(22)12(8-20)27-17/h4-5,11-17,20,22-24H,6-9H2,1-3H3/b5-4+/t11-,12+,13+,14+,15-,16+,17+,18+,19+/m0/s1. The Balaban J connectivity index is 1.72. The van der Waals surface area contributed by atoms with Gasteiger partial charge in [-0.25, -0.2) is 0 Å². The SMILES string of the molecule is CC(=O)/C=C/[C@@H]1[C@@]2(C)CO[C@]1(C)C[C@@H](O[C@@H]1O[C@H](CO)[C@@H](O)[C@H](O)[C@H]1O)C2. The molecule has 2 saturated heterocycles. The van der Waals surface area contributed by atoms with Crippen LogP contribution in [0.25, 0.3) is 0 Å². The number of carbonyl (C=O) groups excluding carboxylic acids is 1. The van der Waals surface area contributed by atoms with Crippen LogP contribution in [0.5, 0.6) is 0 Å². The summed E-state index contributed by atoms with van der Waals surface area (Å²) in [5.41, 5.74) is -0.754. The summed E-state index contributed by atoms with van der Waals surface area (Å²) in [6.07, 6.45) is -2.09. The fourth-order valence-corrected chi connectivity index (χ4v) is 4.80. The van der Waals surface area contributed by atoms with E-state index >= 15 is 0 Å². The second-order valence-electron chi connectivity index (χ2n) is 8.57. The summed E-state index contributed by atoms with van der Waals surface area (Å²) >= 11 is 0. The molecule has 154 valence electrons. The highest BCUT2D eigenvalue weighted by molar-refractivity contribution is 5.87. The molecule has 0 amide bonds. The zero-order valence-electron chi connectivity index (χ0n) is 15.9. The van der Waals surface area contributed by atoms with Crippen LogP contribution in [0.15, 0.2) is 12.2 Å². The predicted octanol–water partition coefficient (Wildman–Crippen LogP) is -0.478. The number of hydrogen-bond acceptors (Lipinski definition) is 8. The van der Waals surface area contributed by atoms with Gasteiger partial charge in [0, 0.05) is 17.8 Å². The monoisotopic (exact) mass is 386 g/mol. The molecule has 8 nitrogen and oxygen atoms in total. The van der Waals surface area contributed by atoms with Gasteiger partial charge in [0.25, 0.3) is 0 Å². The number of aliphatic hydroxyl groups is 4. The van der Waals surface area contributed by atoms with E-state index < -0.39 is 42.9 Å². The van der Waals surface area contributed by atoms with E-state index in [1.807, 2.05) is 13.0 Å². The largest absolute Gasteiger partial charge is 0.394 e. The van der Waals surface area contributed by atoms with Gasteiger partial charge >= 0.3 is 0 Å². The average molecular weight is 386 g/mol. The van der Waals surface area contributed by atoms with E-state index in [2.05, 4.69) is 6.92 Å². The van der Waals surface area contributed by atoms with E-state index in [-0.39, 0.29) is 23.2 Å². The summed E-state index contributed by atoms with van der Waals surface area (Å²) in [6, 6.07) is 0. The number of ether oxygens (including phenoxy) is 3. The number of rotatable bonds is 5. The maximum atomic E-state index is 11.3. The lowest BCUT2D eigenvalue weighted by atomic mass is 9.62. The third-order valence-electron chi connectivity index (χ3n) is 6.17. The molecule has 27 heavy (non-hydrogen) atoms. The van der Waals surface area contributed by atoms with E-state index in [0.717, 1.165) is 0 Å². The van der Waals surface area contributed by atoms with Crippen LogP contribution in [0.3, 0.4) is 0 Å². The molecule has 1 saturated carbocycles. The molecule has 2 heterocycles. The molecule has 0 aromatic carbocycles. The minimum Gasteiger partial charge on any atom is -0.394 e. The summed E-state index contributed by atoms with van der Waals surface area (Å²) < 4.78 is 17.5. The van der Waals surface area contributed by atoms with Gasteiger partial charge in [0.15, 0.2) is 12.1 Å². The van der Waals surface area contributed by atoms with Crippen molar-refractivity contribution in [3.63, 3.8) is 0 Å². The van der Waals surface area contributed by atoms with E-state index in [0.29, 0.717) is 19.4 Å². The van der Waals surface area contributed by atoms with Crippen molar-refractivity contribution in [2.45, 2.75) is 76.0 Å². The molecule has 0 aromatic rings. The van der Waals surface area contributed by atoms with Crippen molar-refractivity contribution in [1.29, 1.82) is 0 Å². The molecule has 3 rings (SSSR count). The molecule has 2 aliphatic heterocycles. The van der Waals surface area contributed by atoms with Crippen LogP contribution in [0, 0.1) is 11.3 Å². The Bertz CT molecular complexity index is 572. The number of allylic oxidation sites excluding steroid dienone is 1. The second-order valence-corrected chi connectivity index (χ2v) is 8.57. The fourth-order valence-electron chi connectivity index (χ4n) is 4.80. The first-order valence-corrected chi connectivity index (χ1v) is 9.38. The molecule has 0 radical (unpaired) electrons. The quantitative estimate of drug-likeness (QED) is 0.467. The maximum absolute atomic E-state index is 11.3. The van der Waals surface area contributed by atoms with Gasteiger partial charge in [-0.1, -0.05) is 13.0 Å². The van der Waals surface area contributed by atoms with Gasteiger partial charge in [0.2, 0.25) is 0 Å². The van der Waals surface area contributed by atoms with Crippen LogP contribution >= 0.6 is 0 Å². The second kappa shape index (κ2) is 7.51. The molecule has 1 aliphatic carbocycles. The van der Waals surface area contributed by atoms with E-state index in [9.17, 15) is 25.2 Å². The van der Waals surface area contributed by atoms with Gasteiger partial charge in [-0.2, -0.15) is 0 Å². The minimum absolute atomic E-state index is 0.0127. The first-order chi connectivity index (χ1) is 12.6. The van der Waals surface area contributed by atoms with Crippen molar-refractivity contribution in [1.82, 2.24) is 0 Å². The molecule has 0 spiro atoms. The Labute approximate surface area is 158 Å². The highest BCUT2D eigenvalue weighted by atomic mass is 16.7. The number of hydrogen-bond donors (Lipinski definition) is 4. The number of carbonyl (C=O) groups is 1. The van der Waals surface area contributed by atoms with Crippen molar-refractivity contribution in [2.75, 3.05) is 13.2 Å². The van der Waals surface area contributed by atoms with Gasteiger partial charge < -0.3 is 34.6 Å². The summed E-state index contributed by atoms with van der Waals surface area (Å²) in [4.78, 5) is 11.3. The van der Waals surface area contributed by atoms with Crippen molar-refractivity contribution in [2.24, 2.45) is 11.3 Å². The Hall–Kier alpha value is -0.870. The number of aliphatic hydroxyl groups excluding tert-OH is 4. The molecule has 0 aromatic heterocycles. The highest BCUT2D eigenvalue weighted by Crippen LogP contribution is 2.55. The van der Waals surface area contributed by atoms with Crippen molar-refractivity contribution in [3.8, 4) is 0 Å². The molecule has 9 atom stereocenters. The minimum atomic E-state index is -1.46. The van der Waals surface area contributed by atoms with Gasteiger partial charge in [0.1, 0.15) is 24.4 Å². The zero-order valence-corrected chi connectivity index (χ0v) is 15.9. The lowest BCUT2D eigenvalue weighted by Gasteiger charge is -2.46. The Morgan fingerprint density at radius 1 is 1.19 bits per heavy atom. The topological polar surface area (TPSA) is 126 Å². The molecule has 2 bridgehead atoms. The van der Waals surface area contributed by atoms with Crippen LogP contribution in [0.4, 0.5) is 0 Å². The van der Waals surface area contributed by atoms with Crippen molar-refractivity contribution >= 4 is 5.78 Å². The first kappa shape index (κ1) is 20.9. The lowest BCUT2D eigenvalue weighted by molar-refractivity contribution is -0.316. The molecule has 0 unspecified atom stereocenters. The normalized spacial score (nSPS) is 50.3. The molecule has 3 fully saturated rings. The highest BCUT2D eigenvalue weighted by Gasteiger charge is 2.58. The molecule has 3 aliphatic rings. The van der Waals surface area contributed by atoms with E-state index in [4.69, 9.17) is 14.2 Å².